The number of nitrogens with one attached hydrogen (secondary N) is 1. The van der Waals surface area contributed by atoms with Crippen molar-refractivity contribution in [2.45, 2.75) is 31.3 Å². The number of thioether (sulfide) groups is 1. The van der Waals surface area contributed by atoms with Gasteiger partial charge in [0.2, 0.25) is 0 Å². The second-order valence-corrected chi connectivity index (χ2v) is 8.85. The maximum Gasteiger partial charge on any atom is 0.251 e. The Morgan fingerprint density at radius 2 is 2.07 bits per heavy atom. The van der Waals surface area contributed by atoms with Gasteiger partial charge in [-0.2, -0.15) is 11.8 Å². The Hall–Kier alpha value is -1.08. The fourth-order valence-electron chi connectivity index (χ4n) is 3.90. The van der Waals surface area contributed by atoms with Crippen LogP contribution in [0.3, 0.4) is 0 Å². The van der Waals surface area contributed by atoms with Crippen molar-refractivity contribution in [1.29, 1.82) is 0 Å². The molecule has 0 bridgehead atoms. The number of hydrogen-bond acceptors (Lipinski definition) is 5. The van der Waals surface area contributed by atoms with Crippen LogP contribution in [0, 0.1) is 5.92 Å². The van der Waals surface area contributed by atoms with E-state index in [9.17, 15) is 9.90 Å². The number of carbonyl (C=O) groups is 1. The van der Waals surface area contributed by atoms with Gasteiger partial charge in [-0.3, -0.25) is 4.79 Å². The standard InChI is InChI=1S/C21H32N2O3S/c1-27-13-10-23-9-6-18(15-23)14-17-2-4-19(5-3-17)20(24)22-16-21(25)7-11-26-12-8-21/h2-5,18,25H,6-16H2,1H3,(H,22,24). The van der Waals surface area contributed by atoms with Crippen LogP contribution in [0.5, 0.6) is 0 Å². The molecule has 6 heteroatoms. The summed E-state index contributed by atoms with van der Waals surface area (Å²) in [7, 11) is 0. The summed E-state index contributed by atoms with van der Waals surface area (Å²) >= 11 is 1.91. The summed E-state index contributed by atoms with van der Waals surface area (Å²) in [6.45, 7) is 4.97. The zero-order chi connectivity index (χ0) is 19.1. The zero-order valence-corrected chi connectivity index (χ0v) is 17.1. The van der Waals surface area contributed by atoms with Crippen LogP contribution in [-0.4, -0.2) is 72.9 Å². The fraction of sp³-hybridized carbons (Fsp3) is 0.667. The molecule has 150 valence electrons. The van der Waals surface area contributed by atoms with E-state index in [0.29, 0.717) is 37.5 Å². The Balaban J connectivity index is 1.45. The van der Waals surface area contributed by atoms with Crippen molar-refractivity contribution < 1.29 is 14.6 Å². The first-order valence-electron chi connectivity index (χ1n) is 9.96. The third kappa shape index (κ3) is 6.21. The summed E-state index contributed by atoms with van der Waals surface area (Å²) in [4.78, 5) is 14.9. The third-order valence-corrected chi connectivity index (χ3v) is 6.31. The predicted octanol–water partition coefficient (Wildman–Crippen LogP) is 2.19. The van der Waals surface area contributed by atoms with E-state index in [-0.39, 0.29) is 12.5 Å². The second kappa shape index (κ2) is 9.92. The molecular weight excluding hydrogens is 360 g/mol. The molecule has 0 aromatic heterocycles. The van der Waals surface area contributed by atoms with Crippen molar-refractivity contribution in [2.24, 2.45) is 5.92 Å². The van der Waals surface area contributed by atoms with Gasteiger partial charge in [-0.25, -0.2) is 0 Å². The lowest BCUT2D eigenvalue weighted by molar-refractivity contribution is -0.0605. The highest BCUT2D eigenvalue weighted by Crippen LogP contribution is 2.22. The van der Waals surface area contributed by atoms with Gasteiger partial charge in [-0.15, -0.1) is 0 Å². The quantitative estimate of drug-likeness (QED) is 0.710. The lowest BCUT2D eigenvalue weighted by atomic mass is 9.94. The lowest BCUT2D eigenvalue weighted by Crippen LogP contribution is -2.46. The highest BCUT2D eigenvalue weighted by Gasteiger charge is 2.30. The van der Waals surface area contributed by atoms with Gasteiger partial charge in [0.1, 0.15) is 0 Å². The van der Waals surface area contributed by atoms with Crippen molar-refractivity contribution in [3.8, 4) is 0 Å². The molecule has 1 atom stereocenters. The monoisotopic (exact) mass is 392 g/mol. The summed E-state index contributed by atoms with van der Waals surface area (Å²) < 4.78 is 5.27. The van der Waals surface area contributed by atoms with E-state index in [4.69, 9.17) is 4.74 Å². The highest BCUT2D eigenvalue weighted by atomic mass is 32.2. The molecule has 0 spiro atoms. The van der Waals surface area contributed by atoms with Gasteiger partial charge in [0.25, 0.3) is 5.91 Å². The van der Waals surface area contributed by atoms with Crippen molar-refractivity contribution in [2.75, 3.05) is 51.4 Å². The summed E-state index contributed by atoms with van der Waals surface area (Å²) in [6, 6.07) is 7.95. The zero-order valence-electron chi connectivity index (χ0n) is 16.3. The normalized spacial score (nSPS) is 22.7. The van der Waals surface area contributed by atoms with Crippen molar-refractivity contribution in [1.82, 2.24) is 10.2 Å². The van der Waals surface area contributed by atoms with Gasteiger partial charge in [0.15, 0.2) is 0 Å². The molecule has 1 aromatic rings. The van der Waals surface area contributed by atoms with Crippen molar-refractivity contribution in [3.05, 3.63) is 35.4 Å². The first kappa shape index (κ1) is 20.6. The maximum atomic E-state index is 12.4. The van der Waals surface area contributed by atoms with E-state index in [1.807, 2.05) is 23.9 Å². The molecule has 2 heterocycles. The van der Waals surface area contributed by atoms with E-state index in [0.717, 1.165) is 6.42 Å². The van der Waals surface area contributed by atoms with Crippen LogP contribution < -0.4 is 5.32 Å². The van der Waals surface area contributed by atoms with Gasteiger partial charge in [-0.05, 0) is 49.3 Å². The molecule has 0 saturated carbocycles. The van der Waals surface area contributed by atoms with Crippen LogP contribution in [0.25, 0.3) is 0 Å². The smallest absolute Gasteiger partial charge is 0.251 e. The minimum Gasteiger partial charge on any atom is -0.388 e. The summed E-state index contributed by atoms with van der Waals surface area (Å²) in [6.07, 6.45) is 5.65. The van der Waals surface area contributed by atoms with E-state index >= 15 is 0 Å². The number of rotatable bonds is 8. The van der Waals surface area contributed by atoms with Crippen LogP contribution in [0.1, 0.15) is 35.2 Å². The van der Waals surface area contributed by atoms with E-state index in [1.54, 1.807) is 0 Å². The van der Waals surface area contributed by atoms with Gasteiger partial charge in [0, 0.05) is 57.0 Å². The number of ether oxygens (including phenoxy) is 1. The highest BCUT2D eigenvalue weighted by molar-refractivity contribution is 7.98. The van der Waals surface area contributed by atoms with Crippen molar-refractivity contribution in [3.63, 3.8) is 0 Å². The van der Waals surface area contributed by atoms with Crippen LogP contribution in [-0.2, 0) is 11.2 Å². The predicted molar refractivity (Wildman–Crippen MR) is 110 cm³/mol. The van der Waals surface area contributed by atoms with E-state index < -0.39 is 5.60 Å². The molecule has 2 aliphatic rings. The molecule has 2 saturated heterocycles. The number of nitrogens with zero attached hydrogens (tertiary/aromatic N) is 1. The molecule has 2 N–H and O–H groups in total. The first-order chi connectivity index (χ1) is 13.1. The second-order valence-electron chi connectivity index (χ2n) is 7.87. The number of carbonyl (C=O) groups excluding carboxylic acids is 1. The van der Waals surface area contributed by atoms with Gasteiger partial charge < -0.3 is 20.1 Å². The topological polar surface area (TPSA) is 61.8 Å². The van der Waals surface area contributed by atoms with Gasteiger partial charge in [0.05, 0.1) is 5.60 Å². The Labute approximate surface area is 166 Å². The molecule has 0 radical (unpaired) electrons. The molecule has 2 aliphatic heterocycles. The van der Waals surface area contributed by atoms with Crippen LogP contribution in [0.4, 0.5) is 0 Å². The summed E-state index contributed by atoms with van der Waals surface area (Å²) in [5, 5.41) is 13.3. The van der Waals surface area contributed by atoms with E-state index in [2.05, 4.69) is 28.6 Å². The third-order valence-electron chi connectivity index (χ3n) is 5.72. The average Bonchev–Trinajstić information content (AvgIpc) is 3.13. The maximum absolute atomic E-state index is 12.4. The number of aliphatic hydroxyl groups is 1. The summed E-state index contributed by atoms with van der Waals surface area (Å²) in [5.41, 5.74) is 1.12. The number of hydrogen-bond donors (Lipinski definition) is 2. The molecule has 5 nitrogen and oxygen atoms in total. The fourth-order valence-corrected chi connectivity index (χ4v) is 4.34. The molecule has 1 aromatic carbocycles. The molecule has 1 unspecified atom stereocenters. The SMILES string of the molecule is CSCCN1CCC(Cc2ccc(C(=O)NCC3(O)CCOCC3)cc2)C1. The average molecular weight is 393 g/mol. The van der Waals surface area contributed by atoms with Gasteiger partial charge in [-0.1, -0.05) is 12.1 Å². The van der Waals surface area contributed by atoms with Crippen LogP contribution in [0.2, 0.25) is 0 Å². The number of benzene rings is 1. The largest absolute Gasteiger partial charge is 0.388 e. The lowest BCUT2D eigenvalue weighted by Gasteiger charge is -2.32. The number of likely N-dealkylation sites (tertiary alicyclic amines) is 1. The summed E-state index contributed by atoms with van der Waals surface area (Å²) in [5.74, 6) is 1.80. The first-order valence-corrected chi connectivity index (χ1v) is 11.4. The van der Waals surface area contributed by atoms with E-state index in [1.165, 1.54) is 37.4 Å². The molecule has 3 rings (SSSR count). The van der Waals surface area contributed by atoms with Crippen LogP contribution in [0.15, 0.2) is 24.3 Å². The molecule has 0 aliphatic carbocycles. The van der Waals surface area contributed by atoms with Crippen molar-refractivity contribution >= 4 is 17.7 Å². The minimum atomic E-state index is -0.835. The Morgan fingerprint density at radius 3 is 2.78 bits per heavy atom. The minimum absolute atomic E-state index is 0.120. The Bertz CT molecular complexity index is 602. The number of amides is 1. The molecule has 27 heavy (non-hydrogen) atoms. The molecule has 2 fully saturated rings. The Kier molecular flexibility index (Phi) is 7.58. The molecular formula is C21H32N2O3S. The molecule has 1 amide bonds. The van der Waals surface area contributed by atoms with Crippen LogP contribution >= 0.6 is 11.8 Å². The van der Waals surface area contributed by atoms with Gasteiger partial charge >= 0.3 is 0 Å². The Morgan fingerprint density at radius 1 is 1.33 bits per heavy atom.